The van der Waals surface area contributed by atoms with Crippen molar-refractivity contribution in [3.8, 4) is 11.3 Å². The van der Waals surface area contributed by atoms with Gasteiger partial charge in [-0.15, -0.1) is 0 Å². The van der Waals surface area contributed by atoms with Crippen LogP contribution in [0.2, 0.25) is 5.02 Å². The Morgan fingerprint density at radius 2 is 2.18 bits per heavy atom. The van der Waals surface area contributed by atoms with Crippen molar-refractivity contribution in [2.75, 3.05) is 7.11 Å². The number of methoxy groups -OCH3 is 1. The molecule has 1 aromatic carbocycles. The van der Waals surface area contributed by atoms with Crippen LogP contribution in [0.15, 0.2) is 40.9 Å². The highest BCUT2D eigenvalue weighted by Gasteiger charge is 2.11. The van der Waals surface area contributed by atoms with Gasteiger partial charge >= 0.3 is 5.97 Å². The lowest BCUT2D eigenvalue weighted by atomic mass is 10.1. The first-order valence-corrected chi connectivity index (χ1v) is 6.97. The van der Waals surface area contributed by atoms with E-state index in [1.807, 2.05) is 12.1 Å². The molecule has 0 spiro atoms. The maximum absolute atomic E-state index is 11.4. The predicted molar refractivity (Wildman–Crippen MR) is 83.7 cm³/mol. The van der Waals surface area contributed by atoms with E-state index in [2.05, 4.69) is 9.72 Å². The third-order valence-corrected chi connectivity index (χ3v) is 3.58. The lowest BCUT2D eigenvalue weighted by Gasteiger charge is -2.04. The number of halogens is 1. The fourth-order valence-electron chi connectivity index (χ4n) is 2.22. The summed E-state index contributed by atoms with van der Waals surface area (Å²) in [6.07, 6.45) is 1.47. The second-order valence-corrected chi connectivity index (χ2v) is 5.12. The van der Waals surface area contributed by atoms with Gasteiger partial charge in [0.1, 0.15) is 5.76 Å². The molecule has 2 heterocycles. The molecule has 2 N–H and O–H groups in total. The molecule has 0 atom stereocenters. The van der Waals surface area contributed by atoms with Gasteiger partial charge in [-0.25, -0.2) is 4.79 Å². The predicted octanol–water partition coefficient (Wildman–Crippen LogP) is 3.39. The molecule has 5 nitrogen and oxygen atoms in total. The zero-order valence-electron chi connectivity index (χ0n) is 11.8. The molecule has 0 saturated heterocycles. The van der Waals surface area contributed by atoms with Gasteiger partial charge in [0.05, 0.1) is 29.9 Å². The number of benzene rings is 1. The van der Waals surface area contributed by atoms with E-state index in [9.17, 15) is 4.79 Å². The molecule has 0 aliphatic heterocycles. The molecular formula is C16H13ClN2O3. The monoisotopic (exact) mass is 316 g/mol. The van der Waals surface area contributed by atoms with Gasteiger partial charge in [-0.1, -0.05) is 11.6 Å². The van der Waals surface area contributed by atoms with Crippen LogP contribution < -0.4 is 5.73 Å². The molecule has 0 unspecified atom stereocenters. The number of carbonyl (C=O) groups is 1. The van der Waals surface area contributed by atoms with E-state index in [-0.39, 0.29) is 0 Å². The van der Waals surface area contributed by atoms with Gasteiger partial charge in [-0.2, -0.15) is 0 Å². The Bertz CT molecular complexity index is 840. The third kappa shape index (κ3) is 2.56. The molecule has 0 fully saturated rings. The number of esters is 1. The van der Waals surface area contributed by atoms with Gasteiger partial charge in [0.2, 0.25) is 0 Å². The summed E-state index contributed by atoms with van der Waals surface area (Å²) in [6.45, 7) is 0.312. The van der Waals surface area contributed by atoms with Crippen molar-refractivity contribution >= 4 is 28.5 Å². The summed E-state index contributed by atoms with van der Waals surface area (Å²) in [5.41, 5.74) is 8.11. The molecule has 0 aliphatic rings. The number of nitrogens with two attached hydrogens (primary N) is 1. The molecule has 22 heavy (non-hydrogen) atoms. The van der Waals surface area contributed by atoms with Crippen molar-refractivity contribution in [2.45, 2.75) is 6.54 Å². The molecule has 0 radical (unpaired) electrons. The highest BCUT2D eigenvalue weighted by atomic mass is 35.5. The van der Waals surface area contributed by atoms with Crippen LogP contribution in [0.5, 0.6) is 0 Å². The van der Waals surface area contributed by atoms with Crippen LogP contribution in [0, 0.1) is 0 Å². The summed E-state index contributed by atoms with van der Waals surface area (Å²) in [5, 5.41) is 1.35. The molecule has 112 valence electrons. The first-order valence-electron chi connectivity index (χ1n) is 6.59. The van der Waals surface area contributed by atoms with Crippen LogP contribution in [-0.4, -0.2) is 18.1 Å². The first-order chi connectivity index (χ1) is 10.6. The van der Waals surface area contributed by atoms with Crippen molar-refractivity contribution < 1.29 is 13.9 Å². The van der Waals surface area contributed by atoms with Crippen molar-refractivity contribution in [3.63, 3.8) is 0 Å². The quantitative estimate of drug-likeness (QED) is 0.749. The molecular weight excluding hydrogens is 304 g/mol. The van der Waals surface area contributed by atoms with Gasteiger partial charge in [0.25, 0.3) is 0 Å². The second kappa shape index (κ2) is 5.79. The lowest BCUT2D eigenvalue weighted by Crippen LogP contribution is -2.01. The Labute approximate surface area is 131 Å². The average molecular weight is 317 g/mol. The van der Waals surface area contributed by atoms with Gasteiger partial charge in [-0.3, -0.25) is 4.98 Å². The number of nitrogens with zero attached hydrogens (tertiary/aromatic N) is 1. The van der Waals surface area contributed by atoms with Crippen molar-refractivity contribution in [3.05, 3.63) is 52.9 Å². The highest BCUT2D eigenvalue weighted by molar-refractivity contribution is 6.35. The molecule has 2 aromatic heterocycles. The van der Waals surface area contributed by atoms with E-state index in [0.29, 0.717) is 34.2 Å². The van der Waals surface area contributed by atoms with Crippen molar-refractivity contribution in [1.29, 1.82) is 0 Å². The van der Waals surface area contributed by atoms with Crippen LogP contribution in [0.3, 0.4) is 0 Å². The number of fused-ring (bicyclic) bond motifs is 1. The minimum atomic E-state index is -0.421. The van der Waals surface area contributed by atoms with Gasteiger partial charge in [0, 0.05) is 17.1 Å². The summed E-state index contributed by atoms with van der Waals surface area (Å²) in [6, 6.07) is 8.95. The minimum Gasteiger partial charge on any atom is -0.465 e. The summed E-state index contributed by atoms with van der Waals surface area (Å²) < 4.78 is 10.2. The van der Waals surface area contributed by atoms with E-state index < -0.39 is 5.97 Å². The minimum absolute atomic E-state index is 0.312. The molecule has 0 saturated carbocycles. The zero-order chi connectivity index (χ0) is 15.7. The van der Waals surface area contributed by atoms with Crippen LogP contribution in [0.1, 0.15) is 16.1 Å². The normalized spacial score (nSPS) is 10.9. The van der Waals surface area contributed by atoms with E-state index in [0.717, 1.165) is 10.9 Å². The standard InChI is InChI=1S/C16H13ClN2O3/c1-21-16(20)9-2-3-14(19-8-9)10-4-11-5-12(7-18)22-15(11)13(17)6-10/h2-6,8H,7,18H2,1H3. The van der Waals surface area contributed by atoms with E-state index >= 15 is 0 Å². The molecule has 0 amide bonds. The number of hydrogen-bond acceptors (Lipinski definition) is 5. The van der Waals surface area contributed by atoms with E-state index in [1.165, 1.54) is 13.3 Å². The fourth-order valence-corrected chi connectivity index (χ4v) is 2.48. The molecule has 3 aromatic rings. The van der Waals surface area contributed by atoms with E-state index in [1.54, 1.807) is 18.2 Å². The van der Waals surface area contributed by atoms with Gasteiger partial charge in [0.15, 0.2) is 5.58 Å². The summed E-state index contributed by atoms with van der Waals surface area (Å²) >= 11 is 6.25. The zero-order valence-corrected chi connectivity index (χ0v) is 12.6. The van der Waals surface area contributed by atoms with Crippen LogP contribution in [0.25, 0.3) is 22.2 Å². The van der Waals surface area contributed by atoms with Crippen molar-refractivity contribution in [2.24, 2.45) is 5.73 Å². The van der Waals surface area contributed by atoms with Gasteiger partial charge < -0.3 is 14.9 Å². The summed E-state index contributed by atoms with van der Waals surface area (Å²) in [5.74, 6) is 0.248. The molecule has 6 heteroatoms. The number of hydrogen-bond donors (Lipinski definition) is 1. The maximum atomic E-state index is 11.4. The van der Waals surface area contributed by atoms with Crippen molar-refractivity contribution in [1.82, 2.24) is 4.98 Å². The lowest BCUT2D eigenvalue weighted by molar-refractivity contribution is 0.0600. The Hall–Kier alpha value is -2.37. The Morgan fingerprint density at radius 1 is 1.36 bits per heavy atom. The molecule has 0 bridgehead atoms. The summed E-state index contributed by atoms with van der Waals surface area (Å²) in [7, 11) is 1.33. The molecule has 0 aliphatic carbocycles. The number of ether oxygens (including phenoxy) is 1. The average Bonchev–Trinajstić information content (AvgIpc) is 2.98. The number of rotatable bonds is 3. The number of pyridine rings is 1. The third-order valence-electron chi connectivity index (χ3n) is 3.30. The fraction of sp³-hybridized carbons (Fsp3) is 0.125. The van der Waals surface area contributed by atoms with Crippen LogP contribution in [-0.2, 0) is 11.3 Å². The smallest absolute Gasteiger partial charge is 0.339 e. The van der Waals surface area contributed by atoms with Gasteiger partial charge in [-0.05, 0) is 30.3 Å². The number of furan rings is 1. The highest BCUT2D eigenvalue weighted by Crippen LogP contribution is 2.32. The SMILES string of the molecule is COC(=O)c1ccc(-c2cc(Cl)c3oc(CN)cc3c2)nc1. The topological polar surface area (TPSA) is 78.3 Å². The Morgan fingerprint density at radius 3 is 2.82 bits per heavy atom. The molecule has 3 rings (SSSR count). The van der Waals surface area contributed by atoms with Crippen LogP contribution >= 0.6 is 11.6 Å². The largest absolute Gasteiger partial charge is 0.465 e. The Kier molecular flexibility index (Phi) is 3.83. The number of aromatic nitrogens is 1. The number of carbonyl (C=O) groups excluding carboxylic acids is 1. The summed E-state index contributed by atoms with van der Waals surface area (Å²) in [4.78, 5) is 15.7. The Balaban J connectivity index is 2.04. The maximum Gasteiger partial charge on any atom is 0.339 e. The van der Waals surface area contributed by atoms with E-state index in [4.69, 9.17) is 21.8 Å². The van der Waals surface area contributed by atoms with Crippen LogP contribution in [0.4, 0.5) is 0 Å². The first kappa shape index (κ1) is 14.6. The second-order valence-electron chi connectivity index (χ2n) is 4.72.